The molecule has 1 aromatic carbocycles. The first-order chi connectivity index (χ1) is 7.49. The van der Waals surface area contributed by atoms with Crippen molar-refractivity contribution >= 4 is 23.2 Å². The van der Waals surface area contributed by atoms with Crippen molar-refractivity contribution in [1.29, 1.82) is 0 Å². The molecule has 2 unspecified atom stereocenters. The zero-order valence-corrected chi connectivity index (χ0v) is 10.9. The number of benzene rings is 1. The highest BCUT2D eigenvalue weighted by molar-refractivity contribution is 6.30. The van der Waals surface area contributed by atoms with Crippen molar-refractivity contribution in [2.75, 3.05) is 0 Å². The molecule has 0 spiro atoms. The lowest BCUT2D eigenvalue weighted by molar-refractivity contribution is 0.499. The average Bonchev–Trinajstić information content (AvgIpc) is 2.15. The zero-order valence-electron chi connectivity index (χ0n) is 9.43. The zero-order chi connectivity index (χ0) is 12.1. The molecule has 2 atom stereocenters. The molecule has 0 amide bonds. The van der Waals surface area contributed by atoms with Gasteiger partial charge in [-0.3, -0.25) is 0 Å². The van der Waals surface area contributed by atoms with Crippen LogP contribution in [0.4, 0.5) is 4.39 Å². The summed E-state index contributed by atoms with van der Waals surface area (Å²) >= 11 is 11.5. The molecule has 0 saturated heterocycles. The van der Waals surface area contributed by atoms with E-state index in [1.807, 2.05) is 13.8 Å². The van der Waals surface area contributed by atoms with E-state index in [4.69, 9.17) is 23.2 Å². The Morgan fingerprint density at radius 1 is 1.38 bits per heavy atom. The van der Waals surface area contributed by atoms with Gasteiger partial charge in [0.1, 0.15) is 5.82 Å². The fourth-order valence-electron chi connectivity index (χ4n) is 1.52. The molecule has 0 heterocycles. The van der Waals surface area contributed by atoms with Crippen LogP contribution in [-0.2, 0) is 6.54 Å². The number of nitrogens with one attached hydrogen (secondary N) is 1. The van der Waals surface area contributed by atoms with E-state index in [0.29, 0.717) is 17.1 Å². The van der Waals surface area contributed by atoms with Crippen LogP contribution in [0, 0.1) is 5.82 Å². The molecule has 16 heavy (non-hydrogen) atoms. The van der Waals surface area contributed by atoms with Crippen molar-refractivity contribution < 1.29 is 4.39 Å². The molecule has 0 aliphatic carbocycles. The third kappa shape index (κ3) is 4.69. The smallest absolute Gasteiger partial charge is 0.129 e. The van der Waals surface area contributed by atoms with Crippen molar-refractivity contribution in [3.8, 4) is 0 Å². The SMILES string of the molecule is CC(Cl)CC(C)NCc1ccc(Cl)cc1F. The first-order valence-electron chi connectivity index (χ1n) is 5.30. The van der Waals surface area contributed by atoms with Gasteiger partial charge in [0.25, 0.3) is 0 Å². The van der Waals surface area contributed by atoms with E-state index < -0.39 is 0 Å². The van der Waals surface area contributed by atoms with E-state index in [1.165, 1.54) is 6.07 Å². The van der Waals surface area contributed by atoms with E-state index in [2.05, 4.69) is 5.32 Å². The second-order valence-electron chi connectivity index (χ2n) is 4.03. The fourth-order valence-corrected chi connectivity index (χ4v) is 1.95. The van der Waals surface area contributed by atoms with Gasteiger partial charge in [-0.1, -0.05) is 17.7 Å². The normalized spacial score (nSPS) is 14.8. The van der Waals surface area contributed by atoms with Crippen molar-refractivity contribution in [3.63, 3.8) is 0 Å². The van der Waals surface area contributed by atoms with E-state index >= 15 is 0 Å². The summed E-state index contributed by atoms with van der Waals surface area (Å²) in [5.41, 5.74) is 0.624. The Morgan fingerprint density at radius 2 is 2.06 bits per heavy atom. The van der Waals surface area contributed by atoms with E-state index in [1.54, 1.807) is 12.1 Å². The van der Waals surface area contributed by atoms with Crippen molar-refractivity contribution in [2.24, 2.45) is 0 Å². The summed E-state index contributed by atoms with van der Waals surface area (Å²) in [6.45, 7) is 4.48. The van der Waals surface area contributed by atoms with Gasteiger partial charge in [-0.15, -0.1) is 11.6 Å². The molecule has 0 aliphatic rings. The van der Waals surface area contributed by atoms with E-state index in [9.17, 15) is 4.39 Å². The molecule has 4 heteroatoms. The van der Waals surface area contributed by atoms with Crippen LogP contribution in [0.15, 0.2) is 18.2 Å². The highest BCUT2D eigenvalue weighted by Crippen LogP contribution is 2.14. The maximum atomic E-state index is 13.4. The van der Waals surface area contributed by atoms with Gasteiger partial charge in [-0.25, -0.2) is 4.39 Å². The van der Waals surface area contributed by atoms with Gasteiger partial charge in [0.15, 0.2) is 0 Å². The van der Waals surface area contributed by atoms with Crippen LogP contribution in [0.5, 0.6) is 0 Å². The number of halogens is 3. The van der Waals surface area contributed by atoms with Gasteiger partial charge < -0.3 is 5.32 Å². The van der Waals surface area contributed by atoms with E-state index in [0.717, 1.165) is 6.42 Å². The third-order valence-electron chi connectivity index (χ3n) is 2.33. The second-order valence-corrected chi connectivity index (χ2v) is 5.22. The maximum absolute atomic E-state index is 13.4. The summed E-state index contributed by atoms with van der Waals surface area (Å²) in [5, 5.41) is 3.77. The number of hydrogen-bond acceptors (Lipinski definition) is 1. The Hall–Kier alpha value is -0.310. The van der Waals surface area contributed by atoms with Crippen LogP contribution in [0.1, 0.15) is 25.8 Å². The number of alkyl halides is 1. The maximum Gasteiger partial charge on any atom is 0.129 e. The highest BCUT2D eigenvalue weighted by atomic mass is 35.5. The van der Waals surface area contributed by atoms with Crippen LogP contribution in [0.3, 0.4) is 0 Å². The third-order valence-corrected chi connectivity index (χ3v) is 2.75. The fraction of sp³-hybridized carbons (Fsp3) is 0.500. The molecule has 0 aliphatic heterocycles. The summed E-state index contributed by atoms with van der Waals surface area (Å²) < 4.78 is 13.4. The van der Waals surface area contributed by atoms with Crippen LogP contribution in [0.2, 0.25) is 5.02 Å². The minimum Gasteiger partial charge on any atom is -0.310 e. The van der Waals surface area contributed by atoms with Gasteiger partial charge in [0, 0.05) is 28.5 Å². The first-order valence-corrected chi connectivity index (χ1v) is 6.12. The standard InChI is InChI=1S/C12H16Cl2FN/c1-8(13)5-9(2)16-7-10-3-4-11(14)6-12(10)15/h3-4,6,8-9,16H,5,7H2,1-2H3. The largest absolute Gasteiger partial charge is 0.310 e. The molecule has 0 saturated carbocycles. The predicted molar refractivity (Wildman–Crippen MR) is 67.6 cm³/mol. The minimum atomic E-state index is -0.272. The summed E-state index contributed by atoms with van der Waals surface area (Å²) in [4.78, 5) is 0. The minimum absolute atomic E-state index is 0.123. The molecule has 90 valence electrons. The Labute approximate surface area is 106 Å². The Kier molecular flexibility index (Phi) is 5.53. The van der Waals surface area contributed by atoms with E-state index in [-0.39, 0.29) is 17.2 Å². The molecular formula is C12H16Cl2FN. The topological polar surface area (TPSA) is 12.0 Å². The van der Waals surface area contributed by atoms with Crippen LogP contribution >= 0.6 is 23.2 Å². The lowest BCUT2D eigenvalue weighted by atomic mass is 10.1. The number of hydrogen-bond donors (Lipinski definition) is 1. The molecule has 0 bridgehead atoms. The second kappa shape index (κ2) is 6.43. The predicted octanol–water partition coefficient (Wildman–Crippen LogP) is 3.97. The Bertz CT molecular complexity index is 342. The van der Waals surface area contributed by atoms with Crippen molar-refractivity contribution in [1.82, 2.24) is 5.32 Å². The lowest BCUT2D eigenvalue weighted by Crippen LogP contribution is -2.27. The number of rotatable bonds is 5. The summed E-state index contributed by atoms with van der Waals surface area (Å²) in [6.07, 6.45) is 0.858. The van der Waals surface area contributed by atoms with Crippen molar-refractivity contribution in [3.05, 3.63) is 34.6 Å². The Balaban J connectivity index is 2.48. The van der Waals surface area contributed by atoms with Gasteiger partial charge in [0.2, 0.25) is 0 Å². The summed E-state index contributed by atoms with van der Waals surface area (Å²) in [7, 11) is 0. The summed E-state index contributed by atoms with van der Waals surface area (Å²) in [6, 6.07) is 4.98. The average molecular weight is 264 g/mol. The van der Waals surface area contributed by atoms with Gasteiger partial charge in [-0.2, -0.15) is 0 Å². The molecule has 0 radical (unpaired) electrons. The molecule has 1 aromatic rings. The molecule has 1 rings (SSSR count). The monoisotopic (exact) mass is 263 g/mol. The van der Waals surface area contributed by atoms with Crippen LogP contribution in [-0.4, -0.2) is 11.4 Å². The molecule has 1 nitrogen and oxygen atoms in total. The molecule has 0 fully saturated rings. The molecular weight excluding hydrogens is 248 g/mol. The highest BCUT2D eigenvalue weighted by Gasteiger charge is 2.07. The van der Waals surface area contributed by atoms with Gasteiger partial charge >= 0.3 is 0 Å². The Morgan fingerprint density at radius 3 is 2.62 bits per heavy atom. The molecule has 1 N–H and O–H groups in total. The summed E-state index contributed by atoms with van der Waals surface area (Å²) in [5.74, 6) is -0.272. The quantitative estimate of drug-likeness (QED) is 0.793. The molecule has 0 aromatic heterocycles. The van der Waals surface area contributed by atoms with Crippen LogP contribution in [0.25, 0.3) is 0 Å². The lowest BCUT2D eigenvalue weighted by Gasteiger charge is -2.15. The van der Waals surface area contributed by atoms with Crippen molar-refractivity contribution in [2.45, 2.75) is 38.2 Å². The van der Waals surface area contributed by atoms with Gasteiger partial charge in [-0.05, 0) is 32.4 Å². The van der Waals surface area contributed by atoms with Crippen LogP contribution < -0.4 is 5.32 Å². The first kappa shape index (κ1) is 13.8. The van der Waals surface area contributed by atoms with Gasteiger partial charge in [0.05, 0.1) is 0 Å².